The molecule has 42 heavy (non-hydrogen) atoms. The Balaban J connectivity index is 1.74. The number of benzene rings is 1. The van der Waals surface area contributed by atoms with Crippen LogP contribution in [0.2, 0.25) is 0 Å². The first-order chi connectivity index (χ1) is 19.9. The predicted molar refractivity (Wildman–Crippen MR) is 148 cm³/mol. The number of aliphatic carboxylic acids is 1. The summed E-state index contributed by atoms with van der Waals surface area (Å²) in [5, 5.41) is 17.4. The van der Waals surface area contributed by atoms with Crippen molar-refractivity contribution in [1.82, 2.24) is 30.9 Å². The number of amides is 5. The quantitative estimate of drug-likeness (QED) is 0.0874. The van der Waals surface area contributed by atoms with Gasteiger partial charge in [-0.3, -0.25) is 24.0 Å². The van der Waals surface area contributed by atoms with Crippen LogP contribution in [0.15, 0.2) is 43.0 Å². The van der Waals surface area contributed by atoms with Gasteiger partial charge in [0.1, 0.15) is 18.1 Å². The molecule has 16 heteroatoms. The zero-order chi connectivity index (χ0) is 30.8. The SMILES string of the molecule is NC(=O)CCC(NC(=O)C(CC(N)=O)NC(=O)C(Cc1cnc[nH]1)NC(=O)C(N)Cc1c[nH]c2ccccc12)C(=O)O. The number of fused-ring (bicyclic) bond motifs is 1. The van der Waals surface area contributed by atoms with E-state index in [0.29, 0.717) is 5.69 Å². The summed E-state index contributed by atoms with van der Waals surface area (Å²) in [5.41, 5.74) is 18.6. The third kappa shape index (κ3) is 8.88. The Bertz CT molecular complexity index is 1440. The molecule has 12 N–H and O–H groups in total. The molecule has 1 aromatic carbocycles. The van der Waals surface area contributed by atoms with Crippen LogP contribution in [0, 0.1) is 0 Å². The van der Waals surface area contributed by atoms with Crippen LogP contribution in [0.3, 0.4) is 0 Å². The van der Waals surface area contributed by atoms with Crippen LogP contribution in [0.4, 0.5) is 0 Å². The minimum absolute atomic E-state index is 0.0847. The van der Waals surface area contributed by atoms with E-state index in [0.717, 1.165) is 16.5 Å². The van der Waals surface area contributed by atoms with Crippen molar-refractivity contribution in [2.24, 2.45) is 17.2 Å². The second-order valence-corrected chi connectivity index (χ2v) is 9.65. The monoisotopic (exact) mass is 583 g/mol. The van der Waals surface area contributed by atoms with Crippen molar-refractivity contribution in [1.29, 1.82) is 0 Å². The van der Waals surface area contributed by atoms with Crippen LogP contribution in [-0.4, -0.2) is 79.7 Å². The number of nitrogens with zero attached hydrogens (tertiary/aromatic N) is 1. The Morgan fingerprint density at radius 3 is 2.17 bits per heavy atom. The first kappa shape index (κ1) is 31.3. The van der Waals surface area contributed by atoms with Crippen molar-refractivity contribution in [3.8, 4) is 0 Å². The van der Waals surface area contributed by atoms with E-state index in [9.17, 15) is 33.9 Å². The fourth-order valence-electron chi connectivity index (χ4n) is 4.23. The molecule has 3 aromatic rings. The van der Waals surface area contributed by atoms with E-state index in [1.807, 2.05) is 24.3 Å². The number of aromatic nitrogens is 3. The lowest BCUT2D eigenvalue weighted by atomic mass is 10.0. The number of aromatic amines is 2. The number of H-pyrrole nitrogens is 2. The molecule has 2 aromatic heterocycles. The van der Waals surface area contributed by atoms with Crippen LogP contribution in [0.25, 0.3) is 10.9 Å². The number of carboxylic acid groups (broad SMARTS) is 1. The number of nitrogens with two attached hydrogens (primary N) is 3. The number of para-hydroxylation sites is 1. The van der Waals surface area contributed by atoms with Gasteiger partial charge in [-0.1, -0.05) is 18.2 Å². The highest BCUT2D eigenvalue weighted by atomic mass is 16.4. The van der Waals surface area contributed by atoms with Gasteiger partial charge in [0.15, 0.2) is 0 Å². The molecule has 0 aliphatic carbocycles. The number of hydrogen-bond donors (Lipinski definition) is 9. The van der Waals surface area contributed by atoms with Gasteiger partial charge >= 0.3 is 5.97 Å². The number of carboxylic acids is 1. The summed E-state index contributed by atoms with van der Waals surface area (Å²) in [7, 11) is 0. The molecule has 3 rings (SSSR count). The Morgan fingerprint density at radius 1 is 0.857 bits per heavy atom. The zero-order valence-corrected chi connectivity index (χ0v) is 22.5. The lowest BCUT2D eigenvalue weighted by Crippen LogP contribution is -2.58. The van der Waals surface area contributed by atoms with Crippen LogP contribution in [0.5, 0.6) is 0 Å². The molecular weight excluding hydrogens is 550 g/mol. The van der Waals surface area contributed by atoms with Gasteiger partial charge in [-0.15, -0.1) is 0 Å². The van der Waals surface area contributed by atoms with Crippen molar-refractivity contribution in [2.75, 3.05) is 0 Å². The van der Waals surface area contributed by atoms with Crippen LogP contribution in [0.1, 0.15) is 30.5 Å². The summed E-state index contributed by atoms with van der Waals surface area (Å²) in [5.74, 6) is -5.77. The molecule has 0 radical (unpaired) electrons. The average Bonchev–Trinajstić information content (AvgIpc) is 3.59. The second-order valence-electron chi connectivity index (χ2n) is 9.65. The molecule has 5 amide bonds. The summed E-state index contributed by atoms with van der Waals surface area (Å²) in [4.78, 5) is 83.4. The largest absolute Gasteiger partial charge is 0.480 e. The highest BCUT2D eigenvalue weighted by Crippen LogP contribution is 2.19. The van der Waals surface area contributed by atoms with Gasteiger partial charge in [0, 0.05) is 41.8 Å². The predicted octanol–water partition coefficient (Wildman–Crippen LogP) is -2.32. The third-order valence-corrected chi connectivity index (χ3v) is 6.40. The van der Waals surface area contributed by atoms with Gasteiger partial charge in [0.25, 0.3) is 0 Å². The van der Waals surface area contributed by atoms with Gasteiger partial charge in [0.05, 0.1) is 18.8 Å². The Morgan fingerprint density at radius 2 is 1.52 bits per heavy atom. The highest BCUT2D eigenvalue weighted by Gasteiger charge is 2.32. The van der Waals surface area contributed by atoms with Crippen molar-refractivity contribution in [2.45, 2.75) is 56.3 Å². The number of nitrogens with one attached hydrogen (secondary N) is 5. The van der Waals surface area contributed by atoms with Gasteiger partial charge in [0.2, 0.25) is 29.5 Å². The molecule has 0 aliphatic heterocycles. The van der Waals surface area contributed by atoms with Gasteiger partial charge in [-0.2, -0.15) is 0 Å². The van der Waals surface area contributed by atoms with E-state index < -0.39 is 66.1 Å². The second kappa shape index (κ2) is 14.4. The van der Waals surface area contributed by atoms with Crippen molar-refractivity contribution in [3.63, 3.8) is 0 Å². The normalized spacial score (nSPS) is 13.8. The Labute approximate surface area is 239 Å². The van der Waals surface area contributed by atoms with Crippen LogP contribution in [-0.2, 0) is 41.6 Å². The first-order valence-corrected chi connectivity index (χ1v) is 12.9. The van der Waals surface area contributed by atoms with Crippen molar-refractivity contribution >= 4 is 46.4 Å². The number of imidazole rings is 1. The zero-order valence-electron chi connectivity index (χ0n) is 22.5. The minimum Gasteiger partial charge on any atom is -0.480 e. The number of hydrogen-bond acceptors (Lipinski definition) is 8. The molecule has 2 heterocycles. The summed E-state index contributed by atoms with van der Waals surface area (Å²) >= 11 is 0. The standard InChI is InChI=1S/C26H33N9O7/c27-16(7-13-10-31-17-4-2-1-3-15(13)17)23(38)34-19(8-14-11-30-12-32-14)24(39)35-20(9-22(29)37)25(40)33-18(26(41)42)5-6-21(28)36/h1-4,10-12,16,18-20,31H,5-9,27H2,(H2,28,36)(H2,29,37)(H,30,32)(H,33,40)(H,34,38)(H,35,39)(H,41,42). The van der Waals surface area contributed by atoms with Gasteiger partial charge in [-0.05, 0) is 24.5 Å². The molecule has 0 spiro atoms. The van der Waals surface area contributed by atoms with E-state index >= 15 is 0 Å². The minimum atomic E-state index is -1.59. The molecule has 0 aliphatic rings. The van der Waals surface area contributed by atoms with Crippen molar-refractivity contribution < 1.29 is 33.9 Å². The molecular formula is C26H33N9O7. The molecule has 0 saturated carbocycles. The third-order valence-electron chi connectivity index (χ3n) is 6.40. The summed E-state index contributed by atoms with van der Waals surface area (Å²) in [6, 6.07) is 2.03. The van der Waals surface area contributed by atoms with E-state index in [-0.39, 0.29) is 25.7 Å². The summed E-state index contributed by atoms with van der Waals surface area (Å²) in [6.45, 7) is 0. The van der Waals surface area contributed by atoms with Crippen molar-refractivity contribution in [3.05, 3.63) is 54.2 Å². The first-order valence-electron chi connectivity index (χ1n) is 12.9. The van der Waals surface area contributed by atoms with E-state index in [1.54, 1.807) is 6.20 Å². The topological polar surface area (TPSA) is 281 Å². The molecule has 0 fully saturated rings. The van der Waals surface area contributed by atoms with Crippen LogP contribution < -0.4 is 33.2 Å². The maximum Gasteiger partial charge on any atom is 0.326 e. The van der Waals surface area contributed by atoms with Gasteiger partial charge in [-0.25, -0.2) is 9.78 Å². The molecule has 224 valence electrons. The lowest BCUT2D eigenvalue weighted by molar-refractivity contribution is -0.142. The smallest absolute Gasteiger partial charge is 0.326 e. The average molecular weight is 584 g/mol. The number of carbonyl (C=O) groups excluding carboxylic acids is 5. The highest BCUT2D eigenvalue weighted by molar-refractivity contribution is 5.96. The molecule has 0 bridgehead atoms. The fourth-order valence-corrected chi connectivity index (χ4v) is 4.23. The molecule has 4 atom stereocenters. The summed E-state index contributed by atoms with van der Waals surface area (Å²) < 4.78 is 0. The van der Waals surface area contributed by atoms with E-state index in [1.165, 1.54) is 12.5 Å². The Kier molecular flexibility index (Phi) is 10.7. The molecule has 4 unspecified atom stereocenters. The lowest BCUT2D eigenvalue weighted by Gasteiger charge is -2.24. The van der Waals surface area contributed by atoms with E-state index in [4.69, 9.17) is 17.2 Å². The molecule has 0 saturated heterocycles. The molecule has 16 nitrogen and oxygen atoms in total. The maximum absolute atomic E-state index is 13.3. The number of rotatable bonds is 16. The number of primary amides is 2. The number of carbonyl (C=O) groups is 6. The van der Waals surface area contributed by atoms with E-state index in [2.05, 4.69) is 30.9 Å². The van der Waals surface area contributed by atoms with Gasteiger partial charge < -0.3 is 48.2 Å². The Hall–Kier alpha value is -5.25. The van der Waals surface area contributed by atoms with Crippen LogP contribution >= 0.6 is 0 Å². The maximum atomic E-state index is 13.3. The summed E-state index contributed by atoms with van der Waals surface area (Å²) in [6.07, 6.45) is 3.29. The fraction of sp³-hybridized carbons (Fsp3) is 0.346.